The van der Waals surface area contributed by atoms with Crippen LogP contribution >= 0.6 is 0 Å². The largest absolute Gasteiger partial charge is 0.491 e. The molecular weight excluding hydrogens is 176 g/mol. The van der Waals surface area contributed by atoms with E-state index in [1.54, 1.807) is 6.20 Å². The van der Waals surface area contributed by atoms with E-state index >= 15 is 0 Å². The third kappa shape index (κ3) is 2.45. The highest BCUT2D eigenvalue weighted by atomic mass is 16.5. The molecule has 76 valence electrons. The van der Waals surface area contributed by atoms with Crippen LogP contribution in [0.15, 0.2) is 18.3 Å². The van der Waals surface area contributed by atoms with Gasteiger partial charge in [-0.25, -0.2) is 0 Å². The van der Waals surface area contributed by atoms with Crippen LogP contribution in [0.5, 0.6) is 5.75 Å². The van der Waals surface area contributed by atoms with Crippen LogP contribution in [0.4, 0.5) is 0 Å². The number of aromatic nitrogens is 1. The standard InChI is InChI=1S/C11H16N2O/c1-12-7-10-11(3-2-6-13-10)14-8-9-4-5-9/h2-3,6,9,12H,4-5,7-8H2,1H3. The first-order chi connectivity index (χ1) is 6.90. The van der Waals surface area contributed by atoms with E-state index in [2.05, 4.69) is 10.3 Å². The molecule has 1 aromatic rings. The molecule has 1 aromatic heterocycles. The summed E-state index contributed by atoms with van der Waals surface area (Å²) in [6, 6.07) is 3.91. The molecule has 0 spiro atoms. The molecule has 1 N–H and O–H groups in total. The van der Waals surface area contributed by atoms with E-state index in [0.717, 1.165) is 30.5 Å². The molecule has 1 aliphatic carbocycles. The first kappa shape index (κ1) is 9.46. The van der Waals surface area contributed by atoms with Crippen LogP contribution in [-0.4, -0.2) is 18.6 Å². The maximum absolute atomic E-state index is 5.71. The Hall–Kier alpha value is -1.09. The van der Waals surface area contributed by atoms with Gasteiger partial charge in [-0.1, -0.05) is 0 Å². The zero-order chi connectivity index (χ0) is 9.80. The Labute approximate surface area is 84.5 Å². The van der Waals surface area contributed by atoms with E-state index in [1.807, 2.05) is 19.2 Å². The van der Waals surface area contributed by atoms with Crippen molar-refractivity contribution in [3.05, 3.63) is 24.0 Å². The number of hydrogen-bond acceptors (Lipinski definition) is 3. The molecule has 0 amide bonds. The van der Waals surface area contributed by atoms with Crippen molar-refractivity contribution >= 4 is 0 Å². The molecule has 0 aliphatic heterocycles. The second kappa shape index (κ2) is 4.42. The fraction of sp³-hybridized carbons (Fsp3) is 0.545. The lowest BCUT2D eigenvalue weighted by Crippen LogP contribution is -2.10. The van der Waals surface area contributed by atoms with Crippen molar-refractivity contribution in [1.29, 1.82) is 0 Å². The SMILES string of the molecule is CNCc1ncccc1OCC1CC1. The smallest absolute Gasteiger partial charge is 0.142 e. The monoisotopic (exact) mass is 192 g/mol. The average Bonchev–Trinajstić information content (AvgIpc) is 3.01. The zero-order valence-electron chi connectivity index (χ0n) is 8.49. The van der Waals surface area contributed by atoms with Crippen LogP contribution in [0.3, 0.4) is 0 Å². The molecular formula is C11H16N2O. The molecule has 1 heterocycles. The van der Waals surface area contributed by atoms with Gasteiger partial charge in [-0.15, -0.1) is 0 Å². The molecule has 1 fully saturated rings. The fourth-order valence-corrected chi connectivity index (χ4v) is 1.35. The molecule has 3 nitrogen and oxygen atoms in total. The van der Waals surface area contributed by atoms with E-state index in [4.69, 9.17) is 4.74 Å². The molecule has 1 aliphatic rings. The minimum Gasteiger partial charge on any atom is -0.491 e. The number of ether oxygens (including phenoxy) is 1. The lowest BCUT2D eigenvalue weighted by atomic mass is 10.3. The summed E-state index contributed by atoms with van der Waals surface area (Å²) >= 11 is 0. The Morgan fingerprint density at radius 2 is 2.43 bits per heavy atom. The lowest BCUT2D eigenvalue weighted by molar-refractivity contribution is 0.294. The van der Waals surface area contributed by atoms with E-state index in [-0.39, 0.29) is 0 Å². The van der Waals surface area contributed by atoms with Crippen molar-refractivity contribution in [2.45, 2.75) is 19.4 Å². The number of nitrogens with one attached hydrogen (secondary N) is 1. The van der Waals surface area contributed by atoms with Crippen LogP contribution in [-0.2, 0) is 6.54 Å². The van der Waals surface area contributed by atoms with Crippen molar-refractivity contribution in [2.24, 2.45) is 5.92 Å². The first-order valence-corrected chi connectivity index (χ1v) is 5.11. The maximum Gasteiger partial charge on any atom is 0.142 e. The predicted molar refractivity (Wildman–Crippen MR) is 55.2 cm³/mol. The quantitative estimate of drug-likeness (QED) is 0.769. The molecule has 1 saturated carbocycles. The summed E-state index contributed by atoms with van der Waals surface area (Å²) < 4.78 is 5.71. The third-order valence-corrected chi connectivity index (χ3v) is 2.36. The highest BCUT2D eigenvalue weighted by molar-refractivity contribution is 5.26. The van der Waals surface area contributed by atoms with Crippen molar-refractivity contribution < 1.29 is 4.74 Å². The molecule has 0 saturated heterocycles. The van der Waals surface area contributed by atoms with Crippen LogP contribution in [0.2, 0.25) is 0 Å². The summed E-state index contributed by atoms with van der Waals surface area (Å²) in [5.41, 5.74) is 0.996. The molecule has 0 radical (unpaired) electrons. The molecule has 2 rings (SSSR count). The van der Waals surface area contributed by atoms with Crippen LogP contribution in [0.25, 0.3) is 0 Å². The number of rotatable bonds is 5. The van der Waals surface area contributed by atoms with Gasteiger partial charge in [-0.3, -0.25) is 4.98 Å². The zero-order valence-corrected chi connectivity index (χ0v) is 8.49. The highest BCUT2D eigenvalue weighted by Gasteiger charge is 2.22. The van der Waals surface area contributed by atoms with Crippen LogP contribution in [0.1, 0.15) is 18.5 Å². The second-order valence-corrected chi connectivity index (χ2v) is 3.73. The van der Waals surface area contributed by atoms with Gasteiger partial charge in [0.15, 0.2) is 0 Å². The topological polar surface area (TPSA) is 34.2 Å². The van der Waals surface area contributed by atoms with Gasteiger partial charge >= 0.3 is 0 Å². The van der Waals surface area contributed by atoms with Crippen LogP contribution in [0, 0.1) is 5.92 Å². The van der Waals surface area contributed by atoms with Gasteiger partial charge in [0.05, 0.1) is 12.3 Å². The van der Waals surface area contributed by atoms with E-state index < -0.39 is 0 Å². The summed E-state index contributed by atoms with van der Waals surface area (Å²) in [6.07, 6.45) is 4.44. The van der Waals surface area contributed by atoms with Gasteiger partial charge in [0.25, 0.3) is 0 Å². The van der Waals surface area contributed by atoms with Gasteiger partial charge in [0.1, 0.15) is 5.75 Å². The average molecular weight is 192 g/mol. The maximum atomic E-state index is 5.71. The summed E-state index contributed by atoms with van der Waals surface area (Å²) in [7, 11) is 1.92. The van der Waals surface area contributed by atoms with Gasteiger partial charge in [0.2, 0.25) is 0 Å². The normalized spacial score (nSPS) is 15.5. The molecule has 3 heteroatoms. The Morgan fingerprint density at radius 3 is 3.14 bits per heavy atom. The van der Waals surface area contributed by atoms with Gasteiger partial charge in [-0.05, 0) is 37.9 Å². The third-order valence-electron chi connectivity index (χ3n) is 2.36. The van der Waals surface area contributed by atoms with Crippen molar-refractivity contribution in [1.82, 2.24) is 10.3 Å². The predicted octanol–water partition coefficient (Wildman–Crippen LogP) is 1.59. The van der Waals surface area contributed by atoms with Gasteiger partial charge < -0.3 is 10.1 Å². The Kier molecular flexibility index (Phi) is 2.99. The van der Waals surface area contributed by atoms with Gasteiger partial charge in [0, 0.05) is 12.7 Å². The Morgan fingerprint density at radius 1 is 1.57 bits per heavy atom. The molecule has 0 aromatic carbocycles. The molecule has 0 bridgehead atoms. The Balaban J connectivity index is 1.97. The summed E-state index contributed by atoms with van der Waals surface area (Å²) in [6.45, 7) is 1.61. The molecule has 0 unspecified atom stereocenters. The number of pyridine rings is 1. The summed E-state index contributed by atoms with van der Waals surface area (Å²) in [5.74, 6) is 1.71. The molecule has 14 heavy (non-hydrogen) atoms. The van der Waals surface area contributed by atoms with E-state index in [9.17, 15) is 0 Å². The summed E-state index contributed by atoms with van der Waals surface area (Å²) in [5, 5.41) is 3.09. The van der Waals surface area contributed by atoms with Crippen molar-refractivity contribution in [3.8, 4) is 5.75 Å². The minimum atomic E-state index is 0.765. The van der Waals surface area contributed by atoms with Gasteiger partial charge in [-0.2, -0.15) is 0 Å². The Bertz CT molecular complexity index is 297. The van der Waals surface area contributed by atoms with E-state index in [0.29, 0.717) is 0 Å². The summed E-state index contributed by atoms with van der Waals surface area (Å²) in [4.78, 5) is 4.28. The van der Waals surface area contributed by atoms with Crippen LogP contribution < -0.4 is 10.1 Å². The number of hydrogen-bond donors (Lipinski definition) is 1. The minimum absolute atomic E-state index is 0.765. The molecule has 0 atom stereocenters. The van der Waals surface area contributed by atoms with Crippen molar-refractivity contribution in [3.63, 3.8) is 0 Å². The lowest BCUT2D eigenvalue weighted by Gasteiger charge is -2.09. The van der Waals surface area contributed by atoms with Crippen molar-refractivity contribution in [2.75, 3.05) is 13.7 Å². The van der Waals surface area contributed by atoms with E-state index in [1.165, 1.54) is 12.8 Å². The fourth-order valence-electron chi connectivity index (χ4n) is 1.35. The second-order valence-electron chi connectivity index (χ2n) is 3.73. The first-order valence-electron chi connectivity index (χ1n) is 5.11. The highest BCUT2D eigenvalue weighted by Crippen LogP contribution is 2.29. The number of nitrogens with zero attached hydrogens (tertiary/aromatic N) is 1.